The number of rotatable bonds is 11. The van der Waals surface area contributed by atoms with Gasteiger partial charge in [0.2, 0.25) is 0 Å². The Labute approximate surface area is 296 Å². The van der Waals surface area contributed by atoms with Gasteiger partial charge < -0.3 is 19.7 Å². The summed E-state index contributed by atoms with van der Waals surface area (Å²) in [6, 6.07) is 30.8. The number of aryl methyl sites for hydroxylation is 1. The molecule has 7 rings (SSSR count). The lowest BCUT2D eigenvalue weighted by Crippen LogP contribution is -2.50. The lowest BCUT2D eigenvalue weighted by molar-refractivity contribution is -0.137. The van der Waals surface area contributed by atoms with Crippen LogP contribution in [0.15, 0.2) is 84.9 Å². The molecule has 50 heavy (non-hydrogen) atoms. The number of aromatic nitrogens is 2. The van der Waals surface area contributed by atoms with Crippen molar-refractivity contribution in [3.63, 3.8) is 0 Å². The van der Waals surface area contributed by atoms with Gasteiger partial charge in [0.15, 0.2) is 0 Å². The summed E-state index contributed by atoms with van der Waals surface area (Å²) < 4.78 is 8.50. The minimum atomic E-state index is -0.779. The quantitative estimate of drug-likeness (QED) is 0.137. The zero-order valence-electron chi connectivity index (χ0n) is 30.3. The summed E-state index contributed by atoms with van der Waals surface area (Å²) in [6.07, 6.45) is 6.66. The van der Waals surface area contributed by atoms with Gasteiger partial charge in [-0.1, -0.05) is 88.7 Å². The number of nitrogens with one attached hydrogen (secondary N) is 1. The number of hydrogen-bond acceptors (Lipinski definition) is 4. The van der Waals surface area contributed by atoms with Gasteiger partial charge in [0, 0.05) is 31.3 Å². The molecule has 1 heterocycles. The van der Waals surface area contributed by atoms with Gasteiger partial charge >= 0.3 is 5.97 Å². The van der Waals surface area contributed by atoms with Gasteiger partial charge in [-0.05, 0) is 107 Å². The number of aliphatic carboxylic acids is 1. The molecule has 6 heteroatoms. The number of imidazole rings is 1. The SMILES string of the molecule is COc1cc(NCCCC(=O)O)ccc1-c1nc2cc(-c3ccccc3)ccc2n1C[C@@]1(C)CCC[C@]2(C)c3ccc(C(C)C)cc3CC[C@@H]12. The molecule has 0 unspecified atom stereocenters. The number of carbonyl (C=O) groups is 1. The van der Waals surface area contributed by atoms with Crippen molar-refractivity contribution in [1.29, 1.82) is 0 Å². The summed E-state index contributed by atoms with van der Waals surface area (Å²) in [6.45, 7) is 11.1. The highest BCUT2D eigenvalue weighted by atomic mass is 16.5. The molecule has 1 saturated carbocycles. The fourth-order valence-corrected chi connectivity index (χ4v) is 9.32. The average Bonchev–Trinajstić information content (AvgIpc) is 3.46. The van der Waals surface area contributed by atoms with Crippen LogP contribution >= 0.6 is 0 Å². The monoisotopic (exact) mass is 669 g/mol. The number of benzene rings is 4. The number of methoxy groups -OCH3 is 1. The van der Waals surface area contributed by atoms with Crippen molar-refractivity contribution in [2.45, 2.75) is 90.5 Å². The molecule has 6 nitrogen and oxygen atoms in total. The summed E-state index contributed by atoms with van der Waals surface area (Å²) in [5, 5.41) is 12.4. The Hall–Kier alpha value is -4.58. The normalized spacial score (nSPS) is 21.5. The van der Waals surface area contributed by atoms with Crippen LogP contribution in [0.25, 0.3) is 33.5 Å². The van der Waals surface area contributed by atoms with Crippen LogP contribution < -0.4 is 10.1 Å². The summed E-state index contributed by atoms with van der Waals surface area (Å²) >= 11 is 0. The molecule has 0 saturated heterocycles. The number of fused-ring (bicyclic) bond motifs is 4. The van der Waals surface area contributed by atoms with Crippen molar-refractivity contribution in [3.8, 4) is 28.3 Å². The van der Waals surface area contributed by atoms with Crippen LogP contribution in [0.5, 0.6) is 5.75 Å². The van der Waals surface area contributed by atoms with E-state index in [1.54, 1.807) is 18.2 Å². The fourth-order valence-electron chi connectivity index (χ4n) is 9.32. The second kappa shape index (κ2) is 13.6. The number of hydrogen-bond donors (Lipinski definition) is 2. The van der Waals surface area contributed by atoms with Crippen molar-refractivity contribution in [1.82, 2.24) is 9.55 Å². The Morgan fingerprint density at radius 2 is 1.82 bits per heavy atom. The number of carboxylic acids is 1. The Morgan fingerprint density at radius 1 is 1.00 bits per heavy atom. The first-order valence-corrected chi connectivity index (χ1v) is 18.4. The van der Waals surface area contributed by atoms with E-state index in [-0.39, 0.29) is 17.3 Å². The maximum atomic E-state index is 11.0. The molecule has 0 radical (unpaired) electrons. The van der Waals surface area contributed by atoms with E-state index >= 15 is 0 Å². The van der Waals surface area contributed by atoms with E-state index in [1.807, 2.05) is 6.07 Å². The molecule has 260 valence electrons. The zero-order chi connectivity index (χ0) is 35.0. The van der Waals surface area contributed by atoms with Crippen molar-refractivity contribution < 1.29 is 14.6 Å². The second-order valence-corrected chi connectivity index (χ2v) is 15.5. The largest absolute Gasteiger partial charge is 0.496 e. The molecule has 0 aliphatic heterocycles. The van der Waals surface area contributed by atoms with Crippen LogP contribution in [-0.4, -0.2) is 34.3 Å². The third-order valence-corrected chi connectivity index (χ3v) is 11.9. The van der Waals surface area contributed by atoms with Gasteiger partial charge in [0.05, 0.1) is 23.7 Å². The van der Waals surface area contributed by atoms with Gasteiger partial charge in [-0.2, -0.15) is 0 Å². The van der Waals surface area contributed by atoms with Gasteiger partial charge in [-0.15, -0.1) is 0 Å². The average molecular weight is 670 g/mol. The highest BCUT2D eigenvalue weighted by Crippen LogP contribution is 2.58. The number of ether oxygens (including phenoxy) is 1. The standard InChI is InChI=1S/C44H51N3O3/c1-29(2)31-14-19-36-33(25-31)16-21-40-43(3,22-10-23-44(36,40)4)28-47-38-20-15-32(30-11-7-6-8-12-30)26-37(38)46-42(47)35-18-17-34(27-39(35)50-5)45-24-9-13-41(48)49/h6-8,11-12,14-15,17-20,25-27,29,40,45H,9-10,13,16,21-24,28H2,1-5H3,(H,48,49)/t40-,43+,44+/m0/s1. The molecule has 5 aromatic rings. The molecule has 4 aromatic carbocycles. The number of anilines is 1. The molecule has 2 aliphatic rings. The molecule has 0 amide bonds. The van der Waals surface area contributed by atoms with Crippen LogP contribution in [0.1, 0.15) is 88.8 Å². The lowest BCUT2D eigenvalue weighted by atomic mass is 9.49. The molecule has 0 spiro atoms. The third-order valence-electron chi connectivity index (χ3n) is 11.9. The molecule has 0 bridgehead atoms. The minimum absolute atomic E-state index is 0.0702. The number of nitrogens with zero attached hydrogens (tertiary/aromatic N) is 2. The molecule has 2 N–H and O–H groups in total. The van der Waals surface area contributed by atoms with E-state index in [0.717, 1.165) is 52.4 Å². The van der Waals surface area contributed by atoms with Gasteiger partial charge in [0.25, 0.3) is 0 Å². The van der Waals surface area contributed by atoms with Crippen LogP contribution in [0.4, 0.5) is 5.69 Å². The molecular formula is C44H51N3O3. The summed E-state index contributed by atoms with van der Waals surface area (Å²) in [7, 11) is 1.71. The van der Waals surface area contributed by atoms with E-state index in [1.165, 1.54) is 36.8 Å². The predicted molar refractivity (Wildman–Crippen MR) is 204 cm³/mol. The first-order valence-electron chi connectivity index (χ1n) is 18.4. The predicted octanol–water partition coefficient (Wildman–Crippen LogP) is 10.5. The second-order valence-electron chi connectivity index (χ2n) is 15.5. The third kappa shape index (κ3) is 6.29. The van der Waals surface area contributed by atoms with Crippen molar-refractivity contribution >= 4 is 22.7 Å². The maximum absolute atomic E-state index is 11.0. The smallest absolute Gasteiger partial charge is 0.303 e. The topological polar surface area (TPSA) is 76.4 Å². The summed E-state index contributed by atoms with van der Waals surface area (Å²) in [5.41, 5.74) is 11.1. The Morgan fingerprint density at radius 3 is 2.58 bits per heavy atom. The Kier molecular flexibility index (Phi) is 9.23. The van der Waals surface area contributed by atoms with Gasteiger partial charge in [0.1, 0.15) is 11.6 Å². The van der Waals surface area contributed by atoms with E-state index in [0.29, 0.717) is 24.8 Å². The summed E-state index contributed by atoms with van der Waals surface area (Å²) in [4.78, 5) is 16.4. The van der Waals surface area contributed by atoms with Crippen molar-refractivity contribution in [2.24, 2.45) is 11.3 Å². The Bertz CT molecular complexity index is 2010. The molecular weight excluding hydrogens is 619 g/mol. The lowest BCUT2D eigenvalue weighted by Gasteiger charge is -2.56. The highest BCUT2D eigenvalue weighted by molar-refractivity contribution is 5.86. The van der Waals surface area contributed by atoms with Crippen molar-refractivity contribution in [2.75, 3.05) is 19.0 Å². The van der Waals surface area contributed by atoms with Gasteiger partial charge in [-0.3, -0.25) is 4.79 Å². The first-order chi connectivity index (χ1) is 24.1. The van der Waals surface area contributed by atoms with Crippen LogP contribution in [0.2, 0.25) is 0 Å². The molecule has 2 aliphatic carbocycles. The highest BCUT2D eigenvalue weighted by Gasteiger charge is 2.52. The van der Waals surface area contributed by atoms with E-state index in [2.05, 4.69) is 116 Å². The zero-order valence-corrected chi connectivity index (χ0v) is 30.3. The summed E-state index contributed by atoms with van der Waals surface area (Å²) in [5.74, 6) is 1.98. The first kappa shape index (κ1) is 33.9. The van der Waals surface area contributed by atoms with E-state index < -0.39 is 5.97 Å². The maximum Gasteiger partial charge on any atom is 0.303 e. The molecule has 1 aromatic heterocycles. The van der Waals surface area contributed by atoms with E-state index in [4.69, 9.17) is 14.8 Å². The minimum Gasteiger partial charge on any atom is -0.496 e. The fraction of sp³-hybridized carbons (Fsp3) is 0.409. The Balaban J connectivity index is 1.30. The number of carboxylic acid groups (broad SMARTS) is 1. The molecule has 1 fully saturated rings. The molecule has 3 atom stereocenters. The van der Waals surface area contributed by atoms with Crippen molar-refractivity contribution in [3.05, 3.63) is 102 Å². The van der Waals surface area contributed by atoms with Gasteiger partial charge in [-0.25, -0.2) is 4.98 Å². The van der Waals surface area contributed by atoms with Crippen LogP contribution in [0, 0.1) is 11.3 Å². The van der Waals surface area contributed by atoms with Crippen LogP contribution in [0.3, 0.4) is 0 Å². The van der Waals surface area contributed by atoms with Crippen LogP contribution in [-0.2, 0) is 23.2 Å². The van der Waals surface area contributed by atoms with E-state index in [9.17, 15) is 4.79 Å².